The standard InChI is InChI=1S/C18H22Cl2N4O2S/c1-11(2)17-22-23-18(24(17)9-12-5-4-8-26-12)27-10-15(25)21-16-13(19)6-3-7-14(16)20/h3,6-7,11-12H,4-5,8-10H2,1-2H3,(H,21,25). The lowest BCUT2D eigenvalue weighted by Crippen LogP contribution is -2.19. The molecule has 1 aliphatic rings. The molecule has 3 rings (SSSR count). The first kappa shape index (κ1) is 20.5. The second kappa shape index (κ2) is 9.28. The summed E-state index contributed by atoms with van der Waals surface area (Å²) in [5, 5.41) is 12.9. The van der Waals surface area contributed by atoms with E-state index >= 15 is 0 Å². The fourth-order valence-electron chi connectivity index (χ4n) is 2.92. The zero-order valence-electron chi connectivity index (χ0n) is 15.2. The van der Waals surface area contributed by atoms with Crippen LogP contribution in [0.15, 0.2) is 23.4 Å². The number of para-hydroxylation sites is 1. The number of anilines is 1. The van der Waals surface area contributed by atoms with E-state index in [4.69, 9.17) is 27.9 Å². The van der Waals surface area contributed by atoms with Gasteiger partial charge in [-0.25, -0.2) is 0 Å². The molecule has 0 radical (unpaired) electrons. The quantitative estimate of drug-likeness (QED) is 0.651. The number of hydrogen-bond acceptors (Lipinski definition) is 5. The van der Waals surface area contributed by atoms with Gasteiger partial charge in [-0.1, -0.05) is 54.9 Å². The molecule has 0 saturated carbocycles. The Labute approximate surface area is 173 Å². The minimum Gasteiger partial charge on any atom is -0.376 e. The number of nitrogens with zero attached hydrogens (tertiary/aromatic N) is 3. The molecule has 1 atom stereocenters. The van der Waals surface area contributed by atoms with E-state index in [2.05, 4.69) is 33.9 Å². The minimum absolute atomic E-state index is 0.175. The summed E-state index contributed by atoms with van der Waals surface area (Å²) in [6, 6.07) is 5.10. The molecule has 1 aliphatic heterocycles. The van der Waals surface area contributed by atoms with Crippen molar-refractivity contribution in [3.63, 3.8) is 0 Å². The van der Waals surface area contributed by atoms with Crippen molar-refractivity contribution in [1.29, 1.82) is 0 Å². The Balaban J connectivity index is 1.67. The van der Waals surface area contributed by atoms with E-state index in [1.54, 1.807) is 18.2 Å². The SMILES string of the molecule is CC(C)c1nnc(SCC(=O)Nc2c(Cl)cccc2Cl)n1CC1CCCO1. The molecule has 0 aliphatic carbocycles. The molecule has 1 saturated heterocycles. The van der Waals surface area contributed by atoms with Gasteiger partial charge in [0.25, 0.3) is 0 Å². The van der Waals surface area contributed by atoms with Crippen LogP contribution in [0.2, 0.25) is 10.0 Å². The first-order valence-electron chi connectivity index (χ1n) is 8.87. The number of rotatable bonds is 7. The normalized spacial score (nSPS) is 16.9. The van der Waals surface area contributed by atoms with Crippen molar-refractivity contribution in [2.45, 2.75) is 50.4 Å². The number of carbonyl (C=O) groups is 1. The Morgan fingerprint density at radius 1 is 1.37 bits per heavy atom. The molecular weight excluding hydrogens is 407 g/mol. The van der Waals surface area contributed by atoms with E-state index < -0.39 is 0 Å². The zero-order valence-corrected chi connectivity index (χ0v) is 17.6. The number of aromatic nitrogens is 3. The summed E-state index contributed by atoms with van der Waals surface area (Å²) in [6.45, 7) is 5.67. The summed E-state index contributed by atoms with van der Waals surface area (Å²) < 4.78 is 7.82. The molecule has 1 N–H and O–H groups in total. The monoisotopic (exact) mass is 428 g/mol. The van der Waals surface area contributed by atoms with Crippen molar-refractivity contribution in [3.05, 3.63) is 34.1 Å². The molecule has 9 heteroatoms. The Morgan fingerprint density at radius 2 is 2.11 bits per heavy atom. The highest BCUT2D eigenvalue weighted by Gasteiger charge is 2.22. The summed E-state index contributed by atoms with van der Waals surface area (Å²) in [5.41, 5.74) is 0.426. The van der Waals surface area contributed by atoms with Crippen molar-refractivity contribution >= 4 is 46.6 Å². The molecule has 6 nitrogen and oxygen atoms in total. The molecule has 0 spiro atoms. The van der Waals surface area contributed by atoms with Gasteiger partial charge in [0, 0.05) is 12.5 Å². The van der Waals surface area contributed by atoms with Crippen LogP contribution in [0.5, 0.6) is 0 Å². The number of ether oxygens (including phenoxy) is 1. The molecule has 0 bridgehead atoms. The molecule has 146 valence electrons. The number of amides is 1. The highest BCUT2D eigenvalue weighted by molar-refractivity contribution is 7.99. The maximum absolute atomic E-state index is 12.4. The molecule has 2 heterocycles. The molecule has 1 unspecified atom stereocenters. The lowest BCUT2D eigenvalue weighted by Gasteiger charge is -2.16. The van der Waals surface area contributed by atoms with Crippen LogP contribution in [0.25, 0.3) is 0 Å². The smallest absolute Gasteiger partial charge is 0.234 e. The van der Waals surface area contributed by atoms with Gasteiger partial charge in [-0.3, -0.25) is 4.79 Å². The molecule has 27 heavy (non-hydrogen) atoms. The fourth-order valence-corrected chi connectivity index (χ4v) is 4.17. The summed E-state index contributed by atoms with van der Waals surface area (Å²) in [6.07, 6.45) is 2.28. The summed E-state index contributed by atoms with van der Waals surface area (Å²) >= 11 is 13.5. The van der Waals surface area contributed by atoms with Gasteiger partial charge in [0.1, 0.15) is 5.82 Å². The third-order valence-electron chi connectivity index (χ3n) is 4.23. The molecule has 1 fully saturated rings. The van der Waals surface area contributed by atoms with E-state index in [1.807, 2.05) is 0 Å². The summed E-state index contributed by atoms with van der Waals surface area (Å²) in [5.74, 6) is 1.13. The topological polar surface area (TPSA) is 69.0 Å². The van der Waals surface area contributed by atoms with Crippen LogP contribution in [0.3, 0.4) is 0 Å². The molecule has 1 amide bonds. The van der Waals surface area contributed by atoms with Crippen LogP contribution in [-0.2, 0) is 16.1 Å². The Kier molecular flexibility index (Phi) is 7.03. The molecule has 1 aromatic heterocycles. The van der Waals surface area contributed by atoms with Gasteiger partial charge >= 0.3 is 0 Å². The van der Waals surface area contributed by atoms with Gasteiger partial charge in [-0.15, -0.1) is 10.2 Å². The van der Waals surface area contributed by atoms with Crippen LogP contribution in [-0.4, -0.2) is 39.1 Å². The Bertz CT molecular complexity index is 786. The number of halogens is 2. The van der Waals surface area contributed by atoms with Crippen molar-refractivity contribution in [2.24, 2.45) is 0 Å². The number of nitrogens with one attached hydrogen (secondary N) is 1. The van der Waals surface area contributed by atoms with Crippen molar-refractivity contribution in [1.82, 2.24) is 14.8 Å². The predicted octanol–water partition coefficient (Wildman–Crippen LogP) is 4.62. The van der Waals surface area contributed by atoms with Crippen molar-refractivity contribution < 1.29 is 9.53 Å². The van der Waals surface area contributed by atoms with Crippen LogP contribution >= 0.6 is 35.0 Å². The largest absolute Gasteiger partial charge is 0.376 e. The molecule has 1 aromatic carbocycles. The average molecular weight is 429 g/mol. The van der Waals surface area contributed by atoms with Gasteiger partial charge in [-0.2, -0.15) is 0 Å². The maximum atomic E-state index is 12.4. The Morgan fingerprint density at radius 3 is 2.74 bits per heavy atom. The van der Waals surface area contributed by atoms with E-state index in [-0.39, 0.29) is 23.7 Å². The van der Waals surface area contributed by atoms with E-state index in [1.165, 1.54) is 11.8 Å². The first-order chi connectivity index (χ1) is 13.0. The van der Waals surface area contributed by atoms with Gasteiger partial charge in [0.15, 0.2) is 5.16 Å². The van der Waals surface area contributed by atoms with Crippen LogP contribution in [0.1, 0.15) is 38.4 Å². The van der Waals surface area contributed by atoms with Crippen LogP contribution < -0.4 is 5.32 Å². The van der Waals surface area contributed by atoms with Gasteiger partial charge in [0.05, 0.1) is 34.1 Å². The fraction of sp³-hybridized carbons (Fsp3) is 0.500. The van der Waals surface area contributed by atoms with Gasteiger partial charge in [-0.05, 0) is 25.0 Å². The zero-order chi connectivity index (χ0) is 19.4. The summed E-state index contributed by atoms with van der Waals surface area (Å²) in [4.78, 5) is 12.4. The maximum Gasteiger partial charge on any atom is 0.234 e. The summed E-state index contributed by atoms with van der Waals surface area (Å²) in [7, 11) is 0. The lowest BCUT2D eigenvalue weighted by atomic mass is 10.2. The van der Waals surface area contributed by atoms with Gasteiger partial charge in [0.2, 0.25) is 5.91 Å². The number of benzene rings is 1. The lowest BCUT2D eigenvalue weighted by molar-refractivity contribution is -0.113. The average Bonchev–Trinajstić information content (AvgIpc) is 3.27. The first-order valence-corrected chi connectivity index (χ1v) is 10.6. The highest BCUT2D eigenvalue weighted by atomic mass is 35.5. The minimum atomic E-state index is -0.201. The van der Waals surface area contributed by atoms with E-state index in [9.17, 15) is 4.79 Å². The highest BCUT2D eigenvalue weighted by Crippen LogP contribution is 2.30. The van der Waals surface area contributed by atoms with Crippen LogP contribution in [0.4, 0.5) is 5.69 Å². The number of carbonyl (C=O) groups excluding carboxylic acids is 1. The Hall–Kier alpha value is -1.28. The second-order valence-electron chi connectivity index (χ2n) is 6.67. The number of hydrogen-bond donors (Lipinski definition) is 1. The van der Waals surface area contributed by atoms with Crippen molar-refractivity contribution in [3.8, 4) is 0 Å². The molecule has 2 aromatic rings. The second-order valence-corrected chi connectivity index (χ2v) is 8.43. The van der Waals surface area contributed by atoms with E-state index in [0.29, 0.717) is 22.3 Å². The third kappa shape index (κ3) is 5.16. The van der Waals surface area contributed by atoms with Crippen molar-refractivity contribution in [2.75, 3.05) is 17.7 Å². The van der Waals surface area contributed by atoms with Gasteiger partial charge < -0.3 is 14.6 Å². The van der Waals surface area contributed by atoms with E-state index in [0.717, 1.165) is 30.4 Å². The third-order valence-corrected chi connectivity index (χ3v) is 5.83. The van der Waals surface area contributed by atoms with Crippen LogP contribution in [0, 0.1) is 0 Å². The molecular formula is C18H22Cl2N4O2S. The predicted molar refractivity (Wildman–Crippen MR) is 109 cm³/mol. The number of thioether (sulfide) groups is 1.